The van der Waals surface area contributed by atoms with Crippen LogP contribution < -0.4 is 10.6 Å². The Morgan fingerprint density at radius 1 is 1.37 bits per heavy atom. The molecule has 146 valence electrons. The van der Waals surface area contributed by atoms with Gasteiger partial charge in [-0.3, -0.25) is 4.90 Å². The van der Waals surface area contributed by atoms with E-state index in [1.54, 1.807) is 23.0 Å². The maximum Gasteiger partial charge on any atom is 0.319 e. The van der Waals surface area contributed by atoms with Crippen LogP contribution in [0, 0.1) is 0 Å². The van der Waals surface area contributed by atoms with E-state index in [1.165, 1.54) is 0 Å². The summed E-state index contributed by atoms with van der Waals surface area (Å²) < 4.78 is 1.67. The number of rotatable bonds is 8. The van der Waals surface area contributed by atoms with Crippen molar-refractivity contribution in [3.8, 4) is 5.69 Å². The minimum atomic E-state index is -0.243. The van der Waals surface area contributed by atoms with Gasteiger partial charge in [-0.2, -0.15) is 5.10 Å². The maximum absolute atomic E-state index is 12.0. The third-order valence-corrected chi connectivity index (χ3v) is 5.13. The molecule has 1 aromatic heterocycles. The molecule has 1 atom stereocenters. The normalized spacial score (nSPS) is 17.2. The largest absolute Gasteiger partial charge is 0.395 e. The quantitative estimate of drug-likeness (QED) is 0.604. The molecule has 0 saturated carbocycles. The van der Waals surface area contributed by atoms with Gasteiger partial charge in [-0.15, -0.1) is 0 Å². The highest BCUT2D eigenvalue weighted by Crippen LogP contribution is 2.23. The lowest BCUT2D eigenvalue weighted by Gasteiger charge is -2.22. The van der Waals surface area contributed by atoms with Crippen LogP contribution in [0.3, 0.4) is 0 Å². The molecule has 0 radical (unpaired) electrons. The van der Waals surface area contributed by atoms with Crippen LogP contribution in [0.2, 0.25) is 5.02 Å². The van der Waals surface area contributed by atoms with E-state index >= 15 is 0 Å². The predicted molar refractivity (Wildman–Crippen MR) is 107 cm³/mol. The Morgan fingerprint density at radius 2 is 2.26 bits per heavy atom. The van der Waals surface area contributed by atoms with Gasteiger partial charge in [0, 0.05) is 30.7 Å². The second-order valence-corrected chi connectivity index (χ2v) is 7.13. The standard InChI is InChI=1S/C19H26ClN5O2/c20-17-13-15(6-7-18(17)25-12-4-9-22-25)23-19(27)21-8-1-2-10-24-11-3-5-16(24)14-26/h4,6-7,9,12-13,16,26H,1-3,5,8,10-11,14H2,(H2,21,23,27). The number of likely N-dealkylation sites (tertiary alicyclic amines) is 1. The highest BCUT2D eigenvalue weighted by molar-refractivity contribution is 6.32. The van der Waals surface area contributed by atoms with E-state index in [-0.39, 0.29) is 12.6 Å². The summed E-state index contributed by atoms with van der Waals surface area (Å²) in [7, 11) is 0. The molecule has 8 heteroatoms. The number of carbonyl (C=O) groups is 1. The van der Waals surface area contributed by atoms with Gasteiger partial charge < -0.3 is 15.7 Å². The molecule has 1 aliphatic rings. The molecular weight excluding hydrogens is 366 g/mol. The van der Waals surface area contributed by atoms with Crippen LogP contribution in [0.25, 0.3) is 5.69 Å². The second-order valence-electron chi connectivity index (χ2n) is 6.72. The lowest BCUT2D eigenvalue weighted by Crippen LogP contribution is -2.34. The number of aliphatic hydroxyl groups is 1. The first-order valence-electron chi connectivity index (χ1n) is 9.36. The number of amides is 2. The second kappa shape index (κ2) is 9.73. The molecule has 1 aromatic carbocycles. The van der Waals surface area contributed by atoms with Crippen LogP contribution >= 0.6 is 11.6 Å². The molecule has 1 aliphatic heterocycles. The van der Waals surface area contributed by atoms with Crippen molar-refractivity contribution >= 4 is 23.3 Å². The zero-order valence-electron chi connectivity index (χ0n) is 15.3. The van der Waals surface area contributed by atoms with E-state index in [0.29, 0.717) is 23.3 Å². The summed E-state index contributed by atoms with van der Waals surface area (Å²) in [5, 5.41) is 19.6. The van der Waals surface area contributed by atoms with Crippen molar-refractivity contribution in [1.82, 2.24) is 20.0 Å². The molecule has 7 nitrogen and oxygen atoms in total. The lowest BCUT2D eigenvalue weighted by atomic mass is 10.2. The highest BCUT2D eigenvalue weighted by atomic mass is 35.5. The Bertz CT molecular complexity index is 738. The Balaban J connectivity index is 1.37. The van der Waals surface area contributed by atoms with E-state index in [1.807, 2.05) is 18.3 Å². The molecule has 27 heavy (non-hydrogen) atoms. The van der Waals surface area contributed by atoms with Crippen molar-refractivity contribution in [2.45, 2.75) is 31.7 Å². The average Bonchev–Trinajstić information content (AvgIpc) is 3.33. The molecule has 3 rings (SSSR count). The summed E-state index contributed by atoms with van der Waals surface area (Å²) in [6, 6.07) is 7.22. The van der Waals surface area contributed by atoms with Crippen LogP contribution in [0.1, 0.15) is 25.7 Å². The van der Waals surface area contributed by atoms with E-state index in [2.05, 4.69) is 20.6 Å². The number of hydrogen-bond donors (Lipinski definition) is 3. The fraction of sp³-hybridized carbons (Fsp3) is 0.474. The minimum absolute atomic E-state index is 0.238. The van der Waals surface area contributed by atoms with Gasteiger partial charge in [0.25, 0.3) is 0 Å². The Kier molecular flexibility index (Phi) is 7.09. The molecule has 0 aliphatic carbocycles. The van der Waals surface area contributed by atoms with Crippen LogP contribution in [-0.2, 0) is 0 Å². The van der Waals surface area contributed by atoms with Crippen molar-refractivity contribution in [3.05, 3.63) is 41.7 Å². The van der Waals surface area contributed by atoms with Crippen LogP contribution in [-0.4, -0.2) is 58.1 Å². The number of unbranched alkanes of at least 4 members (excludes halogenated alkanes) is 1. The number of anilines is 1. The number of nitrogens with zero attached hydrogens (tertiary/aromatic N) is 3. The van der Waals surface area contributed by atoms with E-state index in [9.17, 15) is 9.90 Å². The fourth-order valence-corrected chi connectivity index (χ4v) is 3.66. The smallest absolute Gasteiger partial charge is 0.319 e. The van der Waals surface area contributed by atoms with Crippen molar-refractivity contribution < 1.29 is 9.90 Å². The van der Waals surface area contributed by atoms with Crippen molar-refractivity contribution in [2.75, 3.05) is 31.6 Å². The summed E-state index contributed by atoms with van der Waals surface area (Å²) in [6.45, 7) is 2.89. The van der Waals surface area contributed by atoms with E-state index in [4.69, 9.17) is 11.6 Å². The van der Waals surface area contributed by atoms with Gasteiger partial charge >= 0.3 is 6.03 Å². The van der Waals surface area contributed by atoms with Crippen LogP contribution in [0.4, 0.5) is 10.5 Å². The number of hydrogen-bond acceptors (Lipinski definition) is 4. The number of aromatic nitrogens is 2. The van der Waals surface area contributed by atoms with Gasteiger partial charge in [0.05, 0.1) is 17.3 Å². The van der Waals surface area contributed by atoms with Crippen LogP contribution in [0.5, 0.6) is 0 Å². The first-order chi connectivity index (χ1) is 13.2. The number of aliphatic hydroxyl groups excluding tert-OH is 1. The first-order valence-corrected chi connectivity index (χ1v) is 9.74. The summed E-state index contributed by atoms with van der Waals surface area (Å²) in [5.41, 5.74) is 1.40. The fourth-order valence-electron chi connectivity index (χ4n) is 3.40. The van der Waals surface area contributed by atoms with Gasteiger partial charge in [-0.25, -0.2) is 9.48 Å². The molecule has 0 bridgehead atoms. The molecule has 2 amide bonds. The van der Waals surface area contributed by atoms with Crippen molar-refractivity contribution in [1.29, 1.82) is 0 Å². The summed E-state index contributed by atoms with van der Waals surface area (Å²) in [5.74, 6) is 0. The molecule has 1 fully saturated rings. The first kappa shape index (κ1) is 19.7. The maximum atomic E-state index is 12.0. The van der Waals surface area contributed by atoms with Gasteiger partial charge in [0.1, 0.15) is 0 Å². The number of nitrogens with one attached hydrogen (secondary N) is 2. The molecule has 3 N–H and O–H groups in total. The predicted octanol–water partition coefficient (Wildman–Crippen LogP) is 2.88. The third kappa shape index (κ3) is 5.45. The number of urea groups is 1. The van der Waals surface area contributed by atoms with Crippen molar-refractivity contribution in [2.24, 2.45) is 0 Å². The minimum Gasteiger partial charge on any atom is -0.395 e. The molecule has 2 aromatic rings. The topological polar surface area (TPSA) is 82.4 Å². The summed E-state index contributed by atoms with van der Waals surface area (Å²) >= 11 is 6.28. The van der Waals surface area contributed by atoms with Gasteiger partial charge in [0.2, 0.25) is 0 Å². The number of halogens is 1. The Hall–Kier alpha value is -2.09. The summed E-state index contributed by atoms with van der Waals surface area (Å²) in [4.78, 5) is 14.4. The zero-order chi connectivity index (χ0) is 19.1. The highest BCUT2D eigenvalue weighted by Gasteiger charge is 2.22. The Labute approximate surface area is 164 Å². The van der Waals surface area contributed by atoms with Gasteiger partial charge in [-0.05, 0) is 63.0 Å². The van der Waals surface area contributed by atoms with E-state index < -0.39 is 0 Å². The summed E-state index contributed by atoms with van der Waals surface area (Å²) in [6.07, 6.45) is 7.64. The van der Waals surface area contributed by atoms with Crippen molar-refractivity contribution in [3.63, 3.8) is 0 Å². The number of benzene rings is 1. The molecular formula is C19H26ClN5O2. The Morgan fingerprint density at radius 3 is 3.00 bits per heavy atom. The van der Waals surface area contributed by atoms with Gasteiger partial charge in [0.15, 0.2) is 0 Å². The lowest BCUT2D eigenvalue weighted by molar-refractivity contribution is 0.157. The molecule has 1 unspecified atom stereocenters. The molecule has 0 spiro atoms. The zero-order valence-corrected chi connectivity index (χ0v) is 16.0. The van der Waals surface area contributed by atoms with Gasteiger partial charge in [-0.1, -0.05) is 11.6 Å². The van der Waals surface area contributed by atoms with E-state index in [0.717, 1.165) is 44.5 Å². The average molecular weight is 392 g/mol. The molecule has 2 heterocycles. The monoisotopic (exact) mass is 391 g/mol. The number of carbonyl (C=O) groups excluding carboxylic acids is 1. The van der Waals surface area contributed by atoms with Crippen LogP contribution in [0.15, 0.2) is 36.7 Å². The molecule has 1 saturated heterocycles. The third-order valence-electron chi connectivity index (χ3n) is 4.82. The SMILES string of the molecule is O=C(NCCCCN1CCCC1CO)Nc1ccc(-n2cccn2)c(Cl)c1.